The van der Waals surface area contributed by atoms with Gasteiger partial charge in [-0.25, -0.2) is 4.79 Å². The van der Waals surface area contributed by atoms with Crippen molar-refractivity contribution in [2.45, 2.75) is 19.0 Å². The van der Waals surface area contributed by atoms with Gasteiger partial charge >= 0.3 is 12.2 Å². The van der Waals surface area contributed by atoms with Crippen LogP contribution in [0.2, 0.25) is 0 Å². The van der Waals surface area contributed by atoms with E-state index in [0.717, 1.165) is 12.8 Å². The molecule has 1 aromatic carbocycles. The lowest BCUT2D eigenvalue weighted by molar-refractivity contribution is -0.153. The Morgan fingerprint density at radius 2 is 2.22 bits per heavy atom. The van der Waals surface area contributed by atoms with Gasteiger partial charge in [0.15, 0.2) is 6.61 Å². The molecule has 1 heterocycles. The van der Waals surface area contributed by atoms with Gasteiger partial charge in [-0.15, -0.1) is 0 Å². The van der Waals surface area contributed by atoms with Gasteiger partial charge in [0.05, 0.1) is 0 Å². The summed E-state index contributed by atoms with van der Waals surface area (Å²) in [4.78, 5) is 13.8. The number of halogens is 3. The Morgan fingerprint density at radius 1 is 1.43 bits per heavy atom. The first-order chi connectivity index (χ1) is 10.9. The fourth-order valence-corrected chi connectivity index (χ4v) is 2.43. The summed E-state index contributed by atoms with van der Waals surface area (Å²) in [5, 5.41) is 11.8. The normalized spacial score (nSPS) is 18.6. The molecular formula is C15H19F3N2O3. The standard InChI is InChI=1S/C15H19F3N2O3/c16-15(17,18)10-23-13-5-1-4-12(7-13)19-14(22)20-6-2-3-11(8-20)9-21/h1,4-5,7,11,21H,2-3,6,8-10H2,(H,19,22). The van der Waals surface area contributed by atoms with E-state index in [4.69, 9.17) is 0 Å². The molecule has 0 aromatic heterocycles. The second kappa shape index (κ2) is 7.54. The van der Waals surface area contributed by atoms with Crippen LogP contribution in [0.25, 0.3) is 0 Å². The minimum Gasteiger partial charge on any atom is -0.484 e. The Morgan fingerprint density at radius 3 is 2.91 bits per heavy atom. The van der Waals surface area contributed by atoms with E-state index in [2.05, 4.69) is 10.1 Å². The molecule has 0 spiro atoms. The second-order valence-electron chi connectivity index (χ2n) is 5.50. The lowest BCUT2D eigenvalue weighted by Gasteiger charge is -2.31. The zero-order chi connectivity index (χ0) is 16.9. The lowest BCUT2D eigenvalue weighted by atomic mass is 9.99. The monoisotopic (exact) mass is 332 g/mol. The number of hydrogen-bond acceptors (Lipinski definition) is 3. The third-order valence-electron chi connectivity index (χ3n) is 3.55. The van der Waals surface area contributed by atoms with Gasteiger partial charge in [-0.05, 0) is 30.9 Å². The molecule has 2 rings (SSSR count). The van der Waals surface area contributed by atoms with Gasteiger partial charge in [-0.2, -0.15) is 13.2 Å². The maximum Gasteiger partial charge on any atom is 0.422 e. The summed E-state index contributed by atoms with van der Waals surface area (Å²) in [6.07, 6.45) is -2.72. The van der Waals surface area contributed by atoms with Gasteiger partial charge in [0.2, 0.25) is 0 Å². The lowest BCUT2D eigenvalue weighted by Crippen LogP contribution is -2.43. The molecule has 23 heavy (non-hydrogen) atoms. The Balaban J connectivity index is 1.93. The molecule has 5 nitrogen and oxygen atoms in total. The van der Waals surface area contributed by atoms with E-state index in [0.29, 0.717) is 18.8 Å². The molecule has 0 saturated carbocycles. The number of piperidine rings is 1. The molecule has 1 fully saturated rings. The molecule has 1 unspecified atom stereocenters. The zero-order valence-corrected chi connectivity index (χ0v) is 12.5. The van der Waals surface area contributed by atoms with Crippen LogP contribution in [0.5, 0.6) is 5.75 Å². The number of ether oxygens (including phenoxy) is 1. The topological polar surface area (TPSA) is 61.8 Å². The number of urea groups is 1. The molecule has 1 aliphatic heterocycles. The van der Waals surface area contributed by atoms with Crippen molar-refractivity contribution in [3.63, 3.8) is 0 Å². The Hall–Kier alpha value is -1.96. The van der Waals surface area contributed by atoms with Crippen molar-refractivity contribution in [2.24, 2.45) is 5.92 Å². The van der Waals surface area contributed by atoms with Gasteiger partial charge in [-0.3, -0.25) is 0 Å². The average Bonchev–Trinajstić information content (AvgIpc) is 2.53. The summed E-state index contributed by atoms with van der Waals surface area (Å²) in [6, 6.07) is 5.48. The van der Waals surface area contributed by atoms with Gasteiger partial charge in [0.25, 0.3) is 0 Å². The van der Waals surface area contributed by atoms with Crippen molar-refractivity contribution in [2.75, 3.05) is 31.6 Å². The fraction of sp³-hybridized carbons (Fsp3) is 0.533. The maximum atomic E-state index is 12.2. The van der Waals surface area contributed by atoms with Crippen molar-refractivity contribution in [1.29, 1.82) is 0 Å². The molecule has 0 bridgehead atoms. The summed E-state index contributed by atoms with van der Waals surface area (Å²) in [7, 11) is 0. The number of aliphatic hydroxyl groups is 1. The molecule has 1 aliphatic rings. The van der Waals surface area contributed by atoms with Crippen LogP contribution in [0, 0.1) is 5.92 Å². The number of rotatable bonds is 4. The number of nitrogens with zero attached hydrogens (tertiary/aromatic N) is 1. The summed E-state index contributed by atoms with van der Waals surface area (Å²) >= 11 is 0. The van der Waals surface area contributed by atoms with Gasteiger partial charge in [0, 0.05) is 31.5 Å². The molecule has 2 amide bonds. The van der Waals surface area contributed by atoms with E-state index >= 15 is 0 Å². The maximum absolute atomic E-state index is 12.2. The number of benzene rings is 1. The summed E-state index contributed by atoms with van der Waals surface area (Å²) in [5.74, 6) is 0.1000. The van der Waals surface area contributed by atoms with Gasteiger partial charge in [-0.1, -0.05) is 6.07 Å². The molecule has 1 aromatic rings. The van der Waals surface area contributed by atoms with E-state index in [1.165, 1.54) is 18.2 Å². The van der Waals surface area contributed by atoms with E-state index in [-0.39, 0.29) is 24.3 Å². The predicted octanol–water partition coefficient (Wildman–Crippen LogP) is 2.86. The number of likely N-dealkylation sites (tertiary alicyclic amines) is 1. The zero-order valence-electron chi connectivity index (χ0n) is 12.5. The number of nitrogens with one attached hydrogen (secondary N) is 1. The first kappa shape index (κ1) is 17.4. The molecule has 128 valence electrons. The van der Waals surface area contributed by atoms with E-state index < -0.39 is 12.8 Å². The smallest absolute Gasteiger partial charge is 0.422 e. The Labute approximate surface area is 132 Å². The quantitative estimate of drug-likeness (QED) is 0.891. The van der Waals surface area contributed by atoms with Crippen LogP contribution < -0.4 is 10.1 Å². The number of amides is 2. The molecule has 1 saturated heterocycles. The second-order valence-corrected chi connectivity index (χ2v) is 5.50. The molecule has 2 N–H and O–H groups in total. The largest absolute Gasteiger partial charge is 0.484 e. The molecule has 0 radical (unpaired) electrons. The highest BCUT2D eigenvalue weighted by Crippen LogP contribution is 2.22. The predicted molar refractivity (Wildman–Crippen MR) is 78.4 cm³/mol. The molecule has 8 heteroatoms. The van der Waals surface area contributed by atoms with Gasteiger partial charge < -0.3 is 20.1 Å². The summed E-state index contributed by atoms with van der Waals surface area (Å²) in [6.45, 7) is -0.293. The first-order valence-corrected chi connectivity index (χ1v) is 7.34. The van der Waals surface area contributed by atoms with Crippen molar-refractivity contribution >= 4 is 11.7 Å². The Kier molecular flexibility index (Phi) is 5.70. The van der Waals surface area contributed by atoms with Crippen LogP contribution in [-0.4, -0.2) is 48.5 Å². The molecule has 1 atom stereocenters. The van der Waals surface area contributed by atoms with Crippen molar-refractivity contribution in [1.82, 2.24) is 4.90 Å². The molecule has 0 aliphatic carbocycles. The highest BCUT2D eigenvalue weighted by molar-refractivity contribution is 5.89. The number of carbonyl (C=O) groups is 1. The van der Waals surface area contributed by atoms with Gasteiger partial charge in [0.1, 0.15) is 5.75 Å². The summed E-state index contributed by atoms with van der Waals surface area (Å²) in [5.41, 5.74) is 0.362. The third-order valence-corrected chi connectivity index (χ3v) is 3.55. The minimum absolute atomic E-state index is 0.0323. The van der Waals surface area contributed by atoms with Crippen LogP contribution >= 0.6 is 0 Å². The van der Waals surface area contributed by atoms with Crippen LogP contribution in [0.4, 0.5) is 23.7 Å². The number of carbonyl (C=O) groups excluding carboxylic acids is 1. The van der Waals surface area contributed by atoms with Crippen molar-refractivity contribution in [3.05, 3.63) is 24.3 Å². The van der Waals surface area contributed by atoms with Crippen LogP contribution in [0.3, 0.4) is 0 Å². The van der Waals surface area contributed by atoms with Crippen LogP contribution in [-0.2, 0) is 0 Å². The van der Waals surface area contributed by atoms with E-state index in [1.807, 2.05) is 0 Å². The van der Waals surface area contributed by atoms with Crippen molar-refractivity contribution < 1.29 is 27.8 Å². The molecular weight excluding hydrogens is 313 g/mol. The van der Waals surface area contributed by atoms with Crippen molar-refractivity contribution in [3.8, 4) is 5.75 Å². The highest BCUT2D eigenvalue weighted by Gasteiger charge is 2.28. The number of anilines is 1. The number of hydrogen-bond donors (Lipinski definition) is 2. The van der Waals surface area contributed by atoms with E-state index in [9.17, 15) is 23.1 Å². The van der Waals surface area contributed by atoms with E-state index in [1.54, 1.807) is 11.0 Å². The van der Waals surface area contributed by atoms with Crippen LogP contribution in [0.15, 0.2) is 24.3 Å². The number of aliphatic hydroxyl groups excluding tert-OH is 1. The first-order valence-electron chi connectivity index (χ1n) is 7.34. The van der Waals surface area contributed by atoms with Crippen LogP contribution in [0.1, 0.15) is 12.8 Å². The fourth-order valence-electron chi connectivity index (χ4n) is 2.43. The third kappa shape index (κ3) is 5.63. The highest BCUT2D eigenvalue weighted by atomic mass is 19.4. The average molecular weight is 332 g/mol. The SMILES string of the molecule is O=C(Nc1cccc(OCC(F)(F)F)c1)N1CCCC(CO)C1. The Bertz CT molecular complexity index is 537. The number of alkyl halides is 3. The minimum atomic E-state index is -4.41. The summed E-state index contributed by atoms with van der Waals surface area (Å²) < 4.78 is 41.1.